The SMILES string of the molecule is Cc1cccc2cccc(N3CCc4c(nc(OC[C@@H]5CCCN5C)nc4N4CCNCC4)C3)c12. The highest BCUT2D eigenvalue weighted by Crippen LogP contribution is 2.35. The third-order valence-corrected chi connectivity index (χ3v) is 7.95. The number of benzene rings is 2. The number of piperazine rings is 1. The van der Waals surface area contributed by atoms with Gasteiger partial charge in [-0.1, -0.05) is 30.3 Å². The molecule has 2 saturated heterocycles. The predicted molar refractivity (Wildman–Crippen MR) is 142 cm³/mol. The molecule has 3 aliphatic rings. The van der Waals surface area contributed by atoms with Crippen LogP contribution < -0.4 is 19.9 Å². The van der Waals surface area contributed by atoms with Gasteiger partial charge in [0.25, 0.3) is 0 Å². The lowest BCUT2D eigenvalue weighted by atomic mass is 9.99. The minimum absolute atomic E-state index is 0.451. The van der Waals surface area contributed by atoms with E-state index in [1.807, 2.05) is 0 Å². The van der Waals surface area contributed by atoms with Gasteiger partial charge in [-0.25, -0.2) is 0 Å². The summed E-state index contributed by atoms with van der Waals surface area (Å²) in [6, 6.07) is 14.2. The molecule has 184 valence electrons. The maximum absolute atomic E-state index is 6.26. The first-order chi connectivity index (χ1) is 17.2. The summed E-state index contributed by atoms with van der Waals surface area (Å²) < 4.78 is 6.26. The molecular weight excluding hydrogens is 436 g/mol. The lowest BCUT2D eigenvalue weighted by Gasteiger charge is -2.35. The van der Waals surface area contributed by atoms with E-state index < -0.39 is 0 Å². The van der Waals surface area contributed by atoms with Crippen molar-refractivity contribution in [2.75, 3.05) is 62.7 Å². The first kappa shape index (κ1) is 22.6. The quantitative estimate of drug-likeness (QED) is 0.611. The van der Waals surface area contributed by atoms with Gasteiger partial charge >= 0.3 is 6.01 Å². The number of hydrogen-bond donors (Lipinski definition) is 1. The number of ether oxygens (including phenoxy) is 1. The summed E-state index contributed by atoms with van der Waals surface area (Å²) in [5, 5.41) is 6.10. The molecule has 0 unspecified atom stereocenters. The van der Waals surface area contributed by atoms with Crippen molar-refractivity contribution in [2.45, 2.75) is 38.8 Å². The first-order valence-electron chi connectivity index (χ1n) is 13.1. The Kier molecular flexibility index (Phi) is 6.20. The number of nitrogens with one attached hydrogen (secondary N) is 1. The van der Waals surface area contributed by atoms with Crippen molar-refractivity contribution >= 4 is 22.3 Å². The molecule has 1 N–H and O–H groups in total. The monoisotopic (exact) mass is 472 g/mol. The summed E-state index contributed by atoms with van der Waals surface area (Å²) in [5.41, 5.74) is 5.02. The van der Waals surface area contributed by atoms with Gasteiger partial charge in [-0.3, -0.25) is 0 Å². The fraction of sp³-hybridized carbons (Fsp3) is 0.500. The number of likely N-dealkylation sites (tertiary alicyclic amines) is 1. The highest BCUT2D eigenvalue weighted by molar-refractivity contribution is 5.97. The van der Waals surface area contributed by atoms with Crippen molar-refractivity contribution < 1.29 is 4.74 Å². The number of likely N-dealkylation sites (N-methyl/N-ethyl adjacent to an activating group) is 1. The van der Waals surface area contributed by atoms with Crippen LogP contribution in [0.15, 0.2) is 36.4 Å². The smallest absolute Gasteiger partial charge is 0.318 e. The van der Waals surface area contributed by atoms with Gasteiger partial charge in [-0.15, -0.1) is 0 Å². The molecule has 1 aromatic heterocycles. The molecule has 4 heterocycles. The minimum Gasteiger partial charge on any atom is -0.462 e. The van der Waals surface area contributed by atoms with E-state index >= 15 is 0 Å². The summed E-state index contributed by atoms with van der Waals surface area (Å²) >= 11 is 0. The van der Waals surface area contributed by atoms with Crippen LogP contribution in [0.25, 0.3) is 10.8 Å². The van der Waals surface area contributed by atoms with E-state index in [-0.39, 0.29) is 0 Å². The maximum atomic E-state index is 6.26. The average Bonchev–Trinajstić information content (AvgIpc) is 3.31. The zero-order valence-corrected chi connectivity index (χ0v) is 21.0. The van der Waals surface area contributed by atoms with Gasteiger partial charge in [0.15, 0.2) is 0 Å². The molecule has 3 aliphatic heterocycles. The summed E-state index contributed by atoms with van der Waals surface area (Å²) in [6.07, 6.45) is 3.36. The van der Waals surface area contributed by atoms with E-state index in [1.165, 1.54) is 40.4 Å². The van der Waals surface area contributed by atoms with E-state index in [0.717, 1.165) is 63.7 Å². The third-order valence-electron chi connectivity index (χ3n) is 7.95. The fourth-order valence-corrected chi connectivity index (χ4v) is 5.93. The van der Waals surface area contributed by atoms with Crippen LogP contribution in [0.2, 0.25) is 0 Å². The highest BCUT2D eigenvalue weighted by Gasteiger charge is 2.28. The van der Waals surface area contributed by atoms with Gasteiger partial charge in [-0.05, 0) is 56.8 Å². The van der Waals surface area contributed by atoms with Crippen molar-refractivity contribution in [3.63, 3.8) is 0 Å². The minimum atomic E-state index is 0.451. The number of nitrogens with zero attached hydrogens (tertiary/aromatic N) is 5. The number of hydrogen-bond acceptors (Lipinski definition) is 7. The molecule has 2 aromatic carbocycles. The Hall–Kier alpha value is -2.90. The predicted octanol–water partition coefficient (Wildman–Crippen LogP) is 3.38. The number of fused-ring (bicyclic) bond motifs is 2. The normalized spacial score (nSPS) is 20.9. The van der Waals surface area contributed by atoms with Crippen LogP contribution >= 0.6 is 0 Å². The second-order valence-electron chi connectivity index (χ2n) is 10.2. The second kappa shape index (κ2) is 9.63. The van der Waals surface area contributed by atoms with Crippen molar-refractivity contribution in [3.05, 3.63) is 53.2 Å². The molecule has 7 heteroatoms. The van der Waals surface area contributed by atoms with E-state index in [4.69, 9.17) is 14.7 Å². The van der Waals surface area contributed by atoms with Crippen LogP contribution in [0.4, 0.5) is 11.5 Å². The standard InChI is InChI=1S/C28H36N6O/c1-20-6-3-7-21-8-4-10-25(26(20)21)34-15-11-23-24(18-34)30-28(35-19-22-9-5-14-32(22)2)31-27(23)33-16-12-29-13-17-33/h3-4,6-8,10,22,29H,5,9,11-19H2,1-2H3/t22-/m0/s1. The van der Waals surface area contributed by atoms with Crippen molar-refractivity contribution in [1.29, 1.82) is 0 Å². The Morgan fingerprint density at radius 1 is 1.00 bits per heavy atom. The second-order valence-corrected chi connectivity index (χ2v) is 10.2. The van der Waals surface area contributed by atoms with Crippen LogP contribution in [0.1, 0.15) is 29.7 Å². The molecule has 6 rings (SSSR count). The summed E-state index contributed by atoms with van der Waals surface area (Å²) in [6.45, 7) is 9.68. The summed E-state index contributed by atoms with van der Waals surface area (Å²) in [7, 11) is 2.19. The van der Waals surface area contributed by atoms with E-state index in [0.29, 0.717) is 18.7 Å². The molecule has 35 heavy (non-hydrogen) atoms. The molecule has 0 saturated carbocycles. The highest BCUT2D eigenvalue weighted by atomic mass is 16.5. The van der Waals surface area contributed by atoms with Crippen LogP contribution in [0.5, 0.6) is 6.01 Å². The Morgan fingerprint density at radius 3 is 2.63 bits per heavy atom. The third kappa shape index (κ3) is 4.43. The molecule has 0 radical (unpaired) electrons. The van der Waals surface area contributed by atoms with Gasteiger partial charge in [0, 0.05) is 55.4 Å². The Morgan fingerprint density at radius 2 is 1.83 bits per heavy atom. The summed E-state index contributed by atoms with van der Waals surface area (Å²) in [4.78, 5) is 17.3. The molecule has 0 amide bonds. The van der Waals surface area contributed by atoms with Crippen LogP contribution in [0, 0.1) is 6.92 Å². The topological polar surface area (TPSA) is 56.8 Å². The van der Waals surface area contributed by atoms with Crippen LogP contribution in [-0.2, 0) is 13.0 Å². The van der Waals surface area contributed by atoms with Gasteiger partial charge in [0.05, 0.1) is 12.2 Å². The molecule has 3 aromatic rings. The first-order valence-corrected chi connectivity index (χ1v) is 13.1. The van der Waals surface area contributed by atoms with Gasteiger partial charge in [0.2, 0.25) is 0 Å². The van der Waals surface area contributed by atoms with Crippen LogP contribution in [0.3, 0.4) is 0 Å². The fourth-order valence-electron chi connectivity index (χ4n) is 5.93. The maximum Gasteiger partial charge on any atom is 0.318 e. The van der Waals surface area contributed by atoms with E-state index in [1.54, 1.807) is 0 Å². The molecule has 7 nitrogen and oxygen atoms in total. The van der Waals surface area contributed by atoms with E-state index in [2.05, 4.69) is 70.4 Å². The zero-order chi connectivity index (χ0) is 23.8. The van der Waals surface area contributed by atoms with Crippen molar-refractivity contribution in [2.24, 2.45) is 0 Å². The molecular formula is C28H36N6O. The lowest BCUT2D eigenvalue weighted by molar-refractivity contribution is 0.187. The molecule has 2 fully saturated rings. The lowest BCUT2D eigenvalue weighted by Crippen LogP contribution is -2.45. The van der Waals surface area contributed by atoms with Crippen molar-refractivity contribution in [1.82, 2.24) is 20.2 Å². The Bertz CT molecular complexity index is 1200. The summed E-state index contributed by atoms with van der Waals surface area (Å²) in [5.74, 6) is 1.08. The average molecular weight is 473 g/mol. The van der Waals surface area contributed by atoms with Gasteiger partial charge in [0.1, 0.15) is 12.4 Å². The van der Waals surface area contributed by atoms with Gasteiger partial charge in [-0.2, -0.15) is 9.97 Å². The Labute approximate surface area is 208 Å². The number of anilines is 2. The number of rotatable bonds is 5. The van der Waals surface area contributed by atoms with Gasteiger partial charge < -0.3 is 24.8 Å². The number of aromatic nitrogens is 2. The zero-order valence-electron chi connectivity index (χ0n) is 21.0. The Balaban J connectivity index is 1.33. The van der Waals surface area contributed by atoms with Crippen LogP contribution in [-0.4, -0.2) is 73.8 Å². The number of aryl methyl sites for hydroxylation is 1. The molecule has 0 spiro atoms. The molecule has 0 bridgehead atoms. The van der Waals surface area contributed by atoms with E-state index in [9.17, 15) is 0 Å². The van der Waals surface area contributed by atoms with Crippen molar-refractivity contribution in [3.8, 4) is 6.01 Å². The molecule has 0 aliphatic carbocycles. The largest absolute Gasteiger partial charge is 0.462 e. The molecule has 1 atom stereocenters.